The minimum absolute atomic E-state index is 0.0726. The van der Waals surface area contributed by atoms with Gasteiger partial charge in [0.15, 0.2) is 0 Å². The molecule has 4 nitrogen and oxygen atoms in total. The van der Waals surface area contributed by atoms with Crippen LogP contribution in [-0.4, -0.2) is 18.5 Å². The number of esters is 2. The Balaban J connectivity index is 1.87. The molecule has 0 atom stereocenters. The predicted molar refractivity (Wildman–Crippen MR) is 122 cm³/mol. The molecule has 0 amide bonds. The minimum Gasteiger partial charge on any atom is -0.466 e. The summed E-state index contributed by atoms with van der Waals surface area (Å²) in [6.45, 7) is 4.96. The number of hydrogen-bond acceptors (Lipinski definition) is 4. The van der Waals surface area contributed by atoms with Gasteiger partial charge in [-0.05, 0) is 18.9 Å². The molecule has 30 heavy (non-hydrogen) atoms. The summed E-state index contributed by atoms with van der Waals surface area (Å²) in [4.78, 5) is 23.5. The number of unbranched alkanes of at least 4 members (excludes halogenated alkanes) is 11. The van der Waals surface area contributed by atoms with E-state index in [-0.39, 0.29) is 31.4 Å². The van der Waals surface area contributed by atoms with E-state index in [1.165, 1.54) is 69.8 Å². The van der Waals surface area contributed by atoms with Gasteiger partial charge in [-0.3, -0.25) is 9.59 Å². The third-order valence-corrected chi connectivity index (χ3v) is 5.31. The Labute approximate surface area is 183 Å². The molecule has 0 N–H and O–H groups in total. The highest BCUT2D eigenvalue weighted by atomic mass is 16.5. The van der Waals surface area contributed by atoms with E-state index in [4.69, 9.17) is 9.47 Å². The van der Waals surface area contributed by atoms with Gasteiger partial charge in [-0.1, -0.05) is 107 Å². The lowest BCUT2D eigenvalue weighted by molar-refractivity contribution is -0.151. The lowest BCUT2D eigenvalue weighted by Gasteiger charge is -2.06. The first-order chi connectivity index (χ1) is 14.6. The van der Waals surface area contributed by atoms with Crippen LogP contribution < -0.4 is 0 Å². The van der Waals surface area contributed by atoms with Crippen LogP contribution in [0.4, 0.5) is 0 Å². The Morgan fingerprint density at radius 3 is 1.67 bits per heavy atom. The molecule has 1 aromatic carbocycles. The first-order valence-corrected chi connectivity index (χ1v) is 12.0. The van der Waals surface area contributed by atoms with Crippen LogP contribution in [-0.2, 0) is 25.7 Å². The molecule has 0 heterocycles. The molecule has 0 aliphatic carbocycles. The van der Waals surface area contributed by atoms with E-state index in [1.807, 2.05) is 31.2 Å². The maximum atomic E-state index is 11.7. The summed E-state index contributed by atoms with van der Waals surface area (Å²) in [6.07, 6.45) is 15.5. The van der Waals surface area contributed by atoms with Gasteiger partial charge in [0.1, 0.15) is 6.61 Å². The molecular weight excluding hydrogens is 376 g/mol. The Morgan fingerprint density at radius 1 is 0.667 bits per heavy atom. The van der Waals surface area contributed by atoms with Crippen molar-refractivity contribution in [3.8, 4) is 0 Å². The molecule has 0 saturated carbocycles. The van der Waals surface area contributed by atoms with Crippen molar-refractivity contribution in [3.05, 3.63) is 35.4 Å². The van der Waals surface area contributed by atoms with Crippen LogP contribution in [0.5, 0.6) is 0 Å². The van der Waals surface area contributed by atoms with Crippen LogP contribution in [0.1, 0.15) is 108 Å². The van der Waals surface area contributed by atoms with Crippen LogP contribution in [0.25, 0.3) is 0 Å². The highest BCUT2D eigenvalue weighted by Crippen LogP contribution is 2.12. The summed E-state index contributed by atoms with van der Waals surface area (Å²) in [5.41, 5.74) is 2.12. The Morgan fingerprint density at radius 2 is 1.13 bits per heavy atom. The van der Waals surface area contributed by atoms with Gasteiger partial charge in [0, 0.05) is 0 Å². The fraction of sp³-hybridized carbons (Fsp3) is 0.692. The molecule has 0 fully saturated rings. The number of ether oxygens (including phenoxy) is 2. The van der Waals surface area contributed by atoms with Crippen molar-refractivity contribution in [3.63, 3.8) is 0 Å². The van der Waals surface area contributed by atoms with Crippen LogP contribution in [0.2, 0.25) is 0 Å². The quantitative estimate of drug-likeness (QED) is 0.189. The van der Waals surface area contributed by atoms with Crippen molar-refractivity contribution in [2.24, 2.45) is 0 Å². The van der Waals surface area contributed by atoms with Gasteiger partial charge in [-0.15, -0.1) is 0 Å². The SMILES string of the molecule is CCCCCCCCCCCCCCOC(=O)CCC(=O)OCc1ccc(C)cc1. The summed E-state index contributed by atoms with van der Waals surface area (Å²) in [7, 11) is 0. The number of carbonyl (C=O) groups excluding carboxylic acids is 2. The van der Waals surface area contributed by atoms with Gasteiger partial charge in [0.2, 0.25) is 0 Å². The number of hydrogen-bond donors (Lipinski definition) is 0. The highest BCUT2D eigenvalue weighted by Gasteiger charge is 2.09. The Kier molecular flexibility index (Phi) is 15.7. The molecule has 0 aromatic heterocycles. The monoisotopic (exact) mass is 418 g/mol. The number of rotatable bonds is 18. The third kappa shape index (κ3) is 15.1. The zero-order valence-corrected chi connectivity index (χ0v) is 19.3. The standard InChI is InChI=1S/C26H42O4/c1-3-4-5-6-7-8-9-10-11-12-13-14-21-29-25(27)19-20-26(28)30-22-24-17-15-23(2)16-18-24/h15-18H,3-14,19-22H2,1-2H3. The Hall–Kier alpha value is -1.84. The van der Waals surface area contributed by atoms with Crippen LogP contribution in [0.3, 0.4) is 0 Å². The van der Waals surface area contributed by atoms with Gasteiger partial charge >= 0.3 is 11.9 Å². The molecule has 0 aliphatic heterocycles. The molecule has 0 aliphatic rings. The fourth-order valence-electron chi connectivity index (χ4n) is 3.33. The maximum absolute atomic E-state index is 11.7. The highest BCUT2D eigenvalue weighted by molar-refractivity contribution is 5.77. The molecule has 0 spiro atoms. The van der Waals surface area contributed by atoms with Crippen molar-refractivity contribution in [2.45, 2.75) is 110 Å². The molecular formula is C26H42O4. The average molecular weight is 419 g/mol. The Bertz CT molecular complexity index is 565. The summed E-state index contributed by atoms with van der Waals surface area (Å²) in [6, 6.07) is 7.84. The summed E-state index contributed by atoms with van der Waals surface area (Å²) in [5, 5.41) is 0. The summed E-state index contributed by atoms with van der Waals surface area (Å²) < 4.78 is 10.4. The lowest BCUT2D eigenvalue weighted by atomic mass is 10.1. The van der Waals surface area contributed by atoms with Crippen molar-refractivity contribution in [1.29, 1.82) is 0 Å². The van der Waals surface area contributed by atoms with Gasteiger partial charge in [0.25, 0.3) is 0 Å². The molecule has 0 radical (unpaired) electrons. The van der Waals surface area contributed by atoms with E-state index in [0.717, 1.165) is 18.4 Å². The smallest absolute Gasteiger partial charge is 0.306 e. The van der Waals surface area contributed by atoms with E-state index >= 15 is 0 Å². The second-order valence-electron chi connectivity index (χ2n) is 8.26. The van der Waals surface area contributed by atoms with E-state index in [1.54, 1.807) is 0 Å². The molecule has 0 unspecified atom stereocenters. The van der Waals surface area contributed by atoms with Crippen molar-refractivity contribution in [2.75, 3.05) is 6.61 Å². The second kappa shape index (κ2) is 18.0. The average Bonchev–Trinajstić information content (AvgIpc) is 2.75. The van der Waals surface area contributed by atoms with Crippen LogP contribution in [0, 0.1) is 6.92 Å². The molecule has 4 heteroatoms. The van der Waals surface area contributed by atoms with E-state index in [0.29, 0.717) is 6.61 Å². The van der Waals surface area contributed by atoms with Crippen molar-refractivity contribution < 1.29 is 19.1 Å². The van der Waals surface area contributed by atoms with E-state index in [2.05, 4.69) is 6.92 Å². The summed E-state index contributed by atoms with van der Waals surface area (Å²) >= 11 is 0. The largest absolute Gasteiger partial charge is 0.466 e. The molecule has 1 rings (SSSR count). The van der Waals surface area contributed by atoms with E-state index in [9.17, 15) is 9.59 Å². The van der Waals surface area contributed by atoms with Gasteiger partial charge in [-0.25, -0.2) is 0 Å². The molecule has 0 saturated heterocycles. The second-order valence-corrected chi connectivity index (χ2v) is 8.26. The number of benzene rings is 1. The zero-order valence-electron chi connectivity index (χ0n) is 19.3. The third-order valence-electron chi connectivity index (χ3n) is 5.31. The van der Waals surface area contributed by atoms with Crippen LogP contribution >= 0.6 is 0 Å². The topological polar surface area (TPSA) is 52.6 Å². The normalized spacial score (nSPS) is 10.7. The van der Waals surface area contributed by atoms with Gasteiger partial charge in [-0.2, -0.15) is 0 Å². The summed E-state index contributed by atoms with van der Waals surface area (Å²) in [5.74, 6) is -0.678. The lowest BCUT2D eigenvalue weighted by Crippen LogP contribution is -2.11. The number of aryl methyl sites for hydroxylation is 1. The van der Waals surface area contributed by atoms with Crippen molar-refractivity contribution >= 4 is 11.9 Å². The van der Waals surface area contributed by atoms with Crippen molar-refractivity contribution in [1.82, 2.24) is 0 Å². The zero-order chi connectivity index (χ0) is 21.9. The first-order valence-electron chi connectivity index (χ1n) is 12.0. The molecule has 170 valence electrons. The molecule has 1 aromatic rings. The molecule has 0 bridgehead atoms. The van der Waals surface area contributed by atoms with E-state index < -0.39 is 0 Å². The first kappa shape index (κ1) is 26.2. The minimum atomic E-state index is -0.363. The van der Waals surface area contributed by atoms with Gasteiger partial charge < -0.3 is 9.47 Å². The fourth-order valence-corrected chi connectivity index (χ4v) is 3.33. The maximum Gasteiger partial charge on any atom is 0.306 e. The van der Waals surface area contributed by atoms with Gasteiger partial charge in [0.05, 0.1) is 19.4 Å². The predicted octanol–water partition coefficient (Wildman–Crippen LogP) is 7.06. The van der Waals surface area contributed by atoms with Crippen LogP contribution in [0.15, 0.2) is 24.3 Å². The number of carbonyl (C=O) groups is 2.